The summed E-state index contributed by atoms with van der Waals surface area (Å²) in [4.78, 5) is 12.8. The number of ether oxygens (including phenoxy) is 1. The average molecular weight is 316 g/mol. The first kappa shape index (κ1) is 18.0. The number of rotatable bonds is 7. The van der Waals surface area contributed by atoms with Gasteiger partial charge in [-0.25, -0.2) is 0 Å². The minimum atomic E-state index is -0.443. The van der Waals surface area contributed by atoms with Crippen molar-refractivity contribution in [2.24, 2.45) is 5.41 Å². The van der Waals surface area contributed by atoms with E-state index in [4.69, 9.17) is 4.74 Å². The van der Waals surface area contributed by atoms with Crippen molar-refractivity contribution in [3.05, 3.63) is 35.9 Å². The highest BCUT2D eigenvalue weighted by molar-refractivity contribution is 5.76. The van der Waals surface area contributed by atoms with Gasteiger partial charge in [0.05, 0.1) is 5.41 Å². The van der Waals surface area contributed by atoms with E-state index in [1.165, 1.54) is 18.4 Å². The Labute approximate surface area is 141 Å². The SMILES string of the molecule is CCC(CC(C)(C)C(=O)OC1(CC)CCCC1)c1ccccc1. The van der Waals surface area contributed by atoms with Gasteiger partial charge in [-0.15, -0.1) is 0 Å². The summed E-state index contributed by atoms with van der Waals surface area (Å²) >= 11 is 0. The number of esters is 1. The van der Waals surface area contributed by atoms with Crippen LogP contribution in [0.15, 0.2) is 30.3 Å². The third-order valence-electron chi connectivity index (χ3n) is 5.54. The van der Waals surface area contributed by atoms with Gasteiger partial charge in [-0.3, -0.25) is 4.79 Å². The first-order chi connectivity index (χ1) is 10.9. The number of carbonyl (C=O) groups is 1. The molecule has 1 aromatic carbocycles. The number of carbonyl (C=O) groups excluding carboxylic acids is 1. The van der Waals surface area contributed by atoms with Crippen LogP contribution in [0.5, 0.6) is 0 Å². The molecule has 0 amide bonds. The average Bonchev–Trinajstić information content (AvgIpc) is 3.02. The molecule has 1 fully saturated rings. The fourth-order valence-electron chi connectivity index (χ4n) is 3.80. The van der Waals surface area contributed by atoms with Crippen LogP contribution < -0.4 is 0 Å². The van der Waals surface area contributed by atoms with E-state index < -0.39 is 5.41 Å². The molecule has 2 heteroatoms. The molecule has 0 bridgehead atoms. The molecule has 0 N–H and O–H groups in total. The molecule has 128 valence electrons. The molecule has 1 unspecified atom stereocenters. The van der Waals surface area contributed by atoms with E-state index in [1.54, 1.807) is 0 Å². The van der Waals surface area contributed by atoms with Gasteiger partial charge < -0.3 is 4.74 Å². The number of benzene rings is 1. The van der Waals surface area contributed by atoms with Crippen LogP contribution in [0.4, 0.5) is 0 Å². The number of hydrogen-bond acceptors (Lipinski definition) is 2. The van der Waals surface area contributed by atoms with E-state index in [0.29, 0.717) is 5.92 Å². The predicted octanol–water partition coefficient (Wildman–Crippen LogP) is 5.86. The molecule has 23 heavy (non-hydrogen) atoms. The lowest BCUT2D eigenvalue weighted by Gasteiger charge is -2.34. The molecule has 0 aliphatic heterocycles. The largest absolute Gasteiger partial charge is 0.459 e. The lowest BCUT2D eigenvalue weighted by Crippen LogP contribution is -2.38. The Morgan fingerprint density at radius 1 is 1.17 bits per heavy atom. The van der Waals surface area contributed by atoms with Gasteiger partial charge in [-0.2, -0.15) is 0 Å². The van der Waals surface area contributed by atoms with Gasteiger partial charge in [0.1, 0.15) is 5.60 Å². The maximum atomic E-state index is 12.8. The summed E-state index contributed by atoms with van der Waals surface area (Å²) in [5.74, 6) is 0.385. The Hall–Kier alpha value is -1.31. The zero-order valence-corrected chi connectivity index (χ0v) is 15.2. The number of hydrogen-bond donors (Lipinski definition) is 0. The van der Waals surface area contributed by atoms with Crippen molar-refractivity contribution in [2.45, 2.75) is 84.2 Å². The molecule has 0 radical (unpaired) electrons. The maximum Gasteiger partial charge on any atom is 0.312 e. The van der Waals surface area contributed by atoms with E-state index in [-0.39, 0.29) is 11.6 Å². The molecule has 0 spiro atoms. The van der Waals surface area contributed by atoms with Crippen LogP contribution in [0.25, 0.3) is 0 Å². The molecular formula is C21H32O2. The molecule has 0 aromatic heterocycles. The molecule has 1 atom stereocenters. The standard InChI is InChI=1S/C21H32O2/c1-5-17(18-12-8-7-9-13-18)16-20(3,4)19(22)23-21(6-2)14-10-11-15-21/h7-9,12-13,17H,5-6,10-11,14-16H2,1-4H3. The summed E-state index contributed by atoms with van der Waals surface area (Å²) in [6.07, 6.45) is 7.24. The fourth-order valence-corrected chi connectivity index (χ4v) is 3.80. The molecule has 0 heterocycles. The van der Waals surface area contributed by atoms with Crippen LogP contribution in [-0.4, -0.2) is 11.6 Å². The molecule has 2 rings (SSSR count). The molecule has 1 aromatic rings. The molecular weight excluding hydrogens is 284 g/mol. The second-order valence-electron chi connectivity index (χ2n) is 7.74. The van der Waals surface area contributed by atoms with Crippen LogP contribution in [0.2, 0.25) is 0 Å². The van der Waals surface area contributed by atoms with Crippen molar-refractivity contribution in [1.82, 2.24) is 0 Å². The van der Waals surface area contributed by atoms with Crippen LogP contribution in [0, 0.1) is 5.41 Å². The second-order valence-corrected chi connectivity index (χ2v) is 7.74. The van der Waals surface area contributed by atoms with Crippen LogP contribution >= 0.6 is 0 Å². The summed E-state index contributed by atoms with van der Waals surface area (Å²) in [6, 6.07) is 10.5. The summed E-state index contributed by atoms with van der Waals surface area (Å²) in [5, 5.41) is 0. The molecule has 0 saturated heterocycles. The Kier molecular flexibility index (Phi) is 5.89. The predicted molar refractivity (Wildman–Crippen MR) is 95.5 cm³/mol. The van der Waals surface area contributed by atoms with Crippen molar-refractivity contribution in [2.75, 3.05) is 0 Å². The Morgan fingerprint density at radius 3 is 2.30 bits per heavy atom. The van der Waals surface area contributed by atoms with E-state index >= 15 is 0 Å². The van der Waals surface area contributed by atoms with Gasteiger partial charge in [0.25, 0.3) is 0 Å². The van der Waals surface area contributed by atoms with Crippen molar-refractivity contribution in [1.29, 1.82) is 0 Å². The van der Waals surface area contributed by atoms with Gasteiger partial charge in [0, 0.05) is 0 Å². The van der Waals surface area contributed by atoms with Gasteiger partial charge in [0.15, 0.2) is 0 Å². The lowest BCUT2D eigenvalue weighted by molar-refractivity contribution is -0.171. The minimum Gasteiger partial charge on any atom is -0.459 e. The smallest absolute Gasteiger partial charge is 0.312 e. The van der Waals surface area contributed by atoms with Crippen LogP contribution in [-0.2, 0) is 9.53 Å². The molecule has 1 aliphatic rings. The van der Waals surface area contributed by atoms with Gasteiger partial charge in [-0.05, 0) is 70.3 Å². The van der Waals surface area contributed by atoms with E-state index in [1.807, 2.05) is 19.9 Å². The Balaban J connectivity index is 2.06. The summed E-state index contributed by atoms with van der Waals surface area (Å²) in [7, 11) is 0. The highest BCUT2D eigenvalue weighted by Gasteiger charge is 2.41. The Morgan fingerprint density at radius 2 is 1.78 bits per heavy atom. The molecule has 1 aliphatic carbocycles. The molecule has 1 saturated carbocycles. The maximum absolute atomic E-state index is 12.8. The minimum absolute atomic E-state index is 0.0179. The van der Waals surface area contributed by atoms with Crippen molar-refractivity contribution >= 4 is 5.97 Å². The zero-order chi connectivity index (χ0) is 16.9. The molecule has 2 nitrogen and oxygen atoms in total. The zero-order valence-electron chi connectivity index (χ0n) is 15.2. The summed E-state index contributed by atoms with van der Waals surface area (Å²) in [6.45, 7) is 8.42. The third kappa shape index (κ3) is 4.37. The van der Waals surface area contributed by atoms with Crippen molar-refractivity contribution in [3.63, 3.8) is 0 Å². The first-order valence-corrected chi connectivity index (χ1v) is 9.21. The summed E-state index contributed by atoms with van der Waals surface area (Å²) < 4.78 is 6.06. The first-order valence-electron chi connectivity index (χ1n) is 9.21. The monoisotopic (exact) mass is 316 g/mol. The fraction of sp³-hybridized carbons (Fsp3) is 0.667. The topological polar surface area (TPSA) is 26.3 Å². The van der Waals surface area contributed by atoms with E-state index in [9.17, 15) is 4.79 Å². The van der Waals surface area contributed by atoms with Crippen LogP contribution in [0.1, 0.15) is 84.1 Å². The normalized spacial score (nSPS) is 18.6. The Bertz CT molecular complexity index is 498. The second kappa shape index (κ2) is 7.51. The van der Waals surface area contributed by atoms with Gasteiger partial charge in [-0.1, -0.05) is 44.2 Å². The van der Waals surface area contributed by atoms with Gasteiger partial charge in [0.2, 0.25) is 0 Å². The summed E-state index contributed by atoms with van der Waals surface area (Å²) in [5.41, 5.74) is 0.686. The van der Waals surface area contributed by atoms with Crippen molar-refractivity contribution < 1.29 is 9.53 Å². The van der Waals surface area contributed by atoms with Crippen molar-refractivity contribution in [3.8, 4) is 0 Å². The van der Waals surface area contributed by atoms with E-state index in [2.05, 4.69) is 38.1 Å². The highest BCUT2D eigenvalue weighted by Crippen LogP contribution is 2.40. The highest BCUT2D eigenvalue weighted by atomic mass is 16.6. The quantitative estimate of drug-likeness (QED) is 0.589. The van der Waals surface area contributed by atoms with E-state index in [0.717, 1.165) is 32.1 Å². The van der Waals surface area contributed by atoms with Gasteiger partial charge >= 0.3 is 5.97 Å². The third-order valence-corrected chi connectivity index (χ3v) is 5.54. The van der Waals surface area contributed by atoms with Crippen LogP contribution in [0.3, 0.4) is 0 Å². The lowest BCUT2D eigenvalue weighted by atomic mass is 9.78.